The van der Waals surface area contributed by atoms with Gasteiger partial charge in [0.15, 0.2) is 0 Å². The van der Waals surface area contributed by atoms with Crippen molar-refractivity contribution in [2.45, 2.75) is 45.2 Å². The number of piperidine rings is 1. The van der Waals surface area contributed by atoms with Gasteiger partial charge in [0.1, 0.15) is 0 Å². The number of nitrogens with one attached hydrogen (secondary N) is 1. The number of nitrogens with zero attached hydrogens (tertiary/aromatic N) is 1. The third-order valence-electron chi connectivity index (χ3n) is 3.65. The van der Waals surface area contributed by atoms with Crippen LogP contribution in [0.25, 0.3) is 0 Å². The summed E-state index contributed by atoms with van der Waals surface area (Å²) < 4.78 is 0. The minimum atomic E-state index is -0.759. The molecule has 0 aromatic carbocycles. The third kappa shape index (κ3) is 5.23. The maximum Gasteiger partial charge on any atom is 0.308 e. The monoisotopic (exact) mass is 296 g/mol. The largest absolute Gasteiger partial charge is 0.481 e. The quantitative estimate of drug-likeness (QED) is 0.811. The van der Waals surface area contributed by atoms with Crippen LogP contribution in [0, 0.1) is 0 Å². The summed E-state index contributed by atoms with van der Waals surface area (Å²) in [7, 11) is 0. The summed E-state index contributed by atoms with van der Waals surface area (Å²) in [6, 6.07) is 4.42. The van der Waals surface area contributed by atoms with Gasteiger partial charge in [-0.3, -0.25) is 4.79 Å². The van der Waals surface area contributed by atoms with Gasteiger partial charge in [0.05, 0.1) is 6.42 Å². The Bertz CT molecular complexity index is 427. The number of carboxylic acid groups (broad SMARTS) is 1. The van der Waals surface area contributed by atoms with E-state index in [1.165, 1.54) is 37.2 Å². The molecular weight excluding hydrogens is 272 g/mol. The van der Waals surface area contributed by atoms with E-state index in [2.05, 4.69) is 17.1 Å². The zero-order valence-corrected chi connectivity index (χ0v) is 12.9. The van der Waals surface area contributed by atoms with Crippen LogP contribution in [-0.4, -0.2) is 41.7 Å². The Kier molecular flexibility index (Phi) is 6.01. The van der Waals surface area contributed by atoms with Gasteiger partial charge in [0.2, 0.25) is 0 Å². The van der Waals surface area contributed by atoms with Crippen molar-refractivity contribution in [2.75, 3.05) is 19.6 Å². The summed E-state index contributed by atoms with van der Waals surface area (Å²) >= 11 is 1.59. The van der Waals surface area contributed by atoms with E-state index in [9.17, 15) is 4.79 Å². The zero-order chi connectivity index (χ0) is 14.4. The summed E-state index contributed by atoms with van der Waals surface area (Å²) in [5.41, 5.74) is 0. The predicted octanol–water partition coefficient (Wildman–Crippen LogP) is 2.34. The first-order chi connectivity index (χ1) is 9.63. The van der Waals surface area contributed by atoms with Crippen LogP contribution >= 0.6 is 11.3 Å². The normalized spacial score (nSPS) is 18.1. The highest BCUT2D eigenvalue weighted by atomic mass is 32.1. The Morgan fingerprint density at radius 1 is 1.35 bits per heavy atom. The second kappa shape index (κ2) is 7.76. The fourth-order valence-electron chi connectivity index (χ4n) is 2.63. The van der Waals surface area contributed by atoms with Gasteiger partial charge in [0.25, 0.3) is 0 Å². The average molecular weight is 296 g/mol. The number of likely N-dealkylation sites (tertiary alicyclic amines) is 1. The average Bonchev–Trinajstić information content (AvgIpc) is 2.84. The van der Waals surface area contributed by atoms with Crippen molar-refractivity contribution in [1.82, 2.24) is 10.2 Å². The van der Waals surface area contributed by atoms with Crippen LogP contribution in [0.5, 0.6) is 0 Å². The van der Waals surface area contributed by atoms with E-state index in [1.807, 2.05) is 12.1 Å². The van der Waals surface area contributed by atoms with Crippen LogP contribution in [-0.2, 0) is 17.8 Å². The Labute approximate surface area is 124 Å². The minimum Gasteiger partial charge on any atom is -0.481 e. The van der Waals surface area contributed by atoms with E-state index < -0.39 is 5.97 Å². The lowest BCUT2D eigenvalue weighted by molar-refractivity contribution is -0.136. The SMILES string of the molecule is CC(CN1CCCCC1)NCc1ccc(CC(=O)O)s1. The smallest absolute Gasteiger partial charge is 0.308 e. The molecule has 0 spiro atoms. The van der Waals surface area contributed by atoms with Crippen LogP contribution < -0.4 is 5.32 Å². The van der Waals surface area contributed by atoms with Gasteiger partial charge >= 0.3 is 5.97 Å². The van der Waals surface area contributed by atoms with Crippen molar-refractivity contribution < 1.29 is 9.90 Å². The van der Waals surface area contributed by atoms with Crippen molar-refractivity contribution in [3.63, 3.8) is 0 Å². The van der Waals surface area contributed by atoms with E-state index in [4.69, 9.17) is 5.11 Å². The van der Waals surface area contributed by atoms with E-state index in [1.54, 1.807) is 11.3 Å². The lowest BCUT2D eigenvalue weighted by Gasteiger charge is -2.29. The van der Waals surface area contributed by atoms with Gasteiger partial charge in [-0.25, -0.2) is 0 Å². The molecule has 1 aromatic heterocycles. The lowest BCUT2D eigenvalue weighted by atomic mass is 10.1. The number of rotatable bonds is 7. The number of thiophene rings is 1. The standard InChI is InChI=1S/C15H24N2O2S/c1-12(11-17-7-3-2-4-8-17)16-10-14-6-5-13(20-14)9-15(18)19/h5-6,12,16H,2-4,7-11H2,1H3,(H,18,19). The molecule has 1 unspecified atom stereocenters. The second-order valence-corrected chi connectivity index (χ2v) is 6.83. The molecule has 1 saturated heterocycles. The molecule has 2 heterocycles. The van der Waals surface area contributed by atoms with Gasteiger partial charge < -0.3 is 15.3 Å². The molecule has 0 amide bonds. The minimum absolute atomic E-state index is 0.133. The topological polar surface area (TPSA) is 52.6 Å². The predicted molar refractivity (Wildman–Crippen MR) is 82.3 cm³/mol. The van der Waals surface area contributed by atoms with Gasteiger partial charge in [0, 0.05) is 28.9 Å². The first-order valence-electron chi connectivity index (χ1n) is 7.38. The highest BCUT2D eigenvalue weighted by Crippen LogP contribution is 2.17. The van der Waals surface area contributed by atoms with Gasteiger partial charge in [-0.05, 0) is 45.0 Å². The summed E-state index contributed by atoms with van der Waals surface area (Å²) in [5, 5.41) is 12.3. The second-order valence-electron chi connectivity index (χ2n) is 5.58. The van der Waals surface area contributed by atoms with E-state index in [-0.39, 0.29) is 6.42 Å². The van der Waals surface area contributed by atoms with Crippen molar-refractivity contribution in [3.05, 3.63) is 21.9 Å². The van der Waals surface area contributed by atoms with Crippen molar-refractivity contribution in [1.29, 1.82) is 0 Å². The van der Waals surface area contributed by atoms with Crippen LogP contribution in [0.15, 0.2) is 12.1 Å². The maximum atomic E-state index is 10.7. The molecule has 0 radical (unpaired) electrons. The molecule has 1 atom stereocenters. The van der Waals surface area contributed by atoms with E-state index >= 15 is 0 Å². The Balaban J connectivity index is 1.70. The maximum absolute atomic E-state index is 10.7. The van der Waals surface area contributed by atoms with Gasteiger partial charge in [-0.2, -0.15) is 0 Å². The Morgan fingerprint density at radius 2 is 2.05 bits per heavy atom. The van der Waals surface area contributed by atoms with Crippen LogP contribution in [0.1, 0.15) is 35.9 Å². The first kappa shape index (κ1) is 15.5. The molecule has 1 aliphatic rings. The number of hydrogen-bond acceptors (Lipinski definition) is 4. The summed E-state index contributed by atoms with van der Waals surface area (Å²) in [5.74, 6) is -0.759. The molecule has 0 bridgehead atoms. The Hall–Kier alpha value is -0.910. The van der Waals surface area contributed by atoms with Crippen molar-refractivity contribution in [3.8, 4) is 0 Å². The third-order valence-corrected chi connectivity index (χ3v) is 4.73. The van der Waals surface area contributed by atoms with Crippen molar-refractivity contribution in [2.24, 2.45) is 0 Å². The highest BCUT2D eigenvalue weighted by Gasteiger charge is 2.13. The molecule has 4 nitrogen and oxygen atoms in total. The molecule has 1 aliphatic heterocycles. The van der Waals surface area contributed by atoms with Crippen LogP contribution in [0.3, 0.4) is 0 Å². The number of aliphatic carboxylic acids is 1. The molecule has 1 fully saturated rings. The molecule has 2 rings (SSSR count). The lowest BCUT2D eigenvalue weighted by Crippen LogP contribution is -2.41. The summed E-state index contributed by atoms with van der Waals surface area (Å²) in [6.45, 7) is 6.62. The van der Waals surface area contributed by atoms with Crippen molar-refractivity contribution >= 4 is 17.3 Å². The van der Waals surface area contributed by atoms with Crippen LogP contribution in [0.2, 0.25) is 0 Å². The molecule has 2 N–H and O–H groups in total. The number of carboxylic acids is 1. The molecule has 1 aromatic rings. The first-order valence-corrected chi connectivity index (χ1v) is 8.20. The fourth-order valence-corrected chi connectivity index (χ4v) is 3.59. The van der Waals surface area contributed by atoms with Crippen LogP contribution in [0.4, 0.5) is 0 Å². The molecule has 112 valence electrons. The zero-order valence-electron chi connectivity index (χ0n) is 12.1. The Morgan fingerprint density at radius 3 is 2.75 bits per heavy atom. The number of carbonyl (C=O) groups is 1. The highest BCUT2D eigenvalue weighted by molar-refractivity contribution is 7.12. The van der Waals surface area contributed by atoms with E-state index in [0.29, 0.717) is 6.04 Å². The summed E-state index contributed by atoms with van der Waals surface area (Å²) in [4.78, 5) is 15.3. The molecule has 0 saturated carbocycles. The number of hydrogen-bond donors (Lipinski definition) is 2. The molecular formula is C15H24N2O2S. The van der Waals surface area contributed by atoms with E-state index in [0.717, 1.165) is 18.0 Å². The molecule has 5 heteroatoms. The van der Waals surface area contributed by atoms with Gasteiger partial charge in [-0.15, -0.1) is 11.3 Å². The summed E-state index contributed by atoms with van der Waals surface area (Å²) in [6.07, 6.45) is 4.17. The molecule has 20 heavy (non-hydrogen) atoms. The molecule has 0 aliphatic carbocycles. The fraction of sp³-hybridized carbons (Fsp3) is 0.667. The van der Waals surface area contributed by atoms with Gasteiger partial charge in [-0.1, -0.05) is 6.42 Å².